The number of aromatic nitrogens is 1. The lowest BCUT2D eigenvalue weighted by molar-refractivity contribution is 0.0600. The van der Waals surface area contributed by atoms with Crippen molar-refractivity contribution in [1.82, 2.24) is 4.98 Å². The fraction of sp³-hybridized carbons (Fsp3) is 0.167. The fourth-order valence-corrected chi connectivity index (χ4v) is 4.00. The van der Waals surface area contributed by atoms with Gasteiger partial charge in [-0.2, -0.15) is 0 Å². The molecule has 2 rings (SSSR count). The van der Waals surface area contributed by atoms with Crippen molar-refractivity contribution in [1.29, 1.82) is 0 Å². The van der Waals surface area contributed by atoms with Crippen molar-refractivity contribution in [2.45, 2.75) is 11.1 Å². The standard InChI is InChI=1S/C12H11ClN2O4S2/c1-7-5-8(11(16)19-2)3-4-9(7)15-21(17,18)10-6-14-12(13)20-10/h3-6,15H,1-2H3. The van der Waals surface area contributed by atoms with Crippen LogP contribution in [0.4, 0.5) is 5.69 Å². The van der Waals surface area contributed by atoms with Gasteiger partial charge in [0.1, 0.15) is 0 Å². The molecule has 1 heterocycles. The summed E-state index contributed by atoms with van der Waals surface area (Å²) in [5.74, 6) is -0.484. The third kappa shape index (κ3) is 3.52. The Hall–Kier alpha value is -1.64. The highest BCUT2D eigenvalue weighted by atomic mass is 35.5. The molecule has 0 saturated carbocycles. The fourth-order valence-electron chi connectivity index (χ4n) is 1.58. The SMILES string of the molecule is COC(=O)c1ccc(NS(=O)(=O)c2cnc(Cl)s2)c(C)c1. The Morgan fingerprint density at radius 1 is 1.43 bits per heavy atom. The van der Waals surface area contributed by atoms with Crippen LogP contribution in [-0.2, 0) is 14.8 Å². The summed E-state index contributed by atoms with van der Waals surface area (Å²) in [5, 5.41) is 0. The summed E-state index contributed by atoms with van der Waals surface area (Å²) >= 11 is 6.50. The van der Waals surface area contributed by atoms with Crippen molar-refractivity contribution >= 4 is 44.6 Å². The number of hydrogen-bond acceptors (Lipinski definition) is 6. The number of nitrogens with zero attached hydrogens (tertiary/aromatic N) is 1. The molecule has 0 amide bonds. The summed E-state index contributed by atoms with van der Waals surface area (Å²) in [6, 6.07) is 4.53. The summed E-state index contributed by atoms with van der Waals surface area (Å²) in [7, 11) is -2.47. The number of halogens is 1. The molecule has 1 N–H and O–H groups in total. The number of benzene rings is 1. The van der Waals surface area contributed by atoms with E-state index in [9.17, 15) is 13.2 Å². The molecule has 0 spiro atoms. The molecular formula is C12H11ClN2O4S2. The monoisotopic (exact) mass is 346 g/mol. The molecule has 0 fully saturated rings. The van der Waals surface area contributed by atoms with E-state index in [1.165, 1.54) is 25.4 Å². The summed E-state index contributed by atoms with van der Waals surface area (Å²) in [6.07, 6.45) is 1.19. The van der Waals surface area contributed by atoms with Gasteiger partial charge in [-0.3, -0.25) is 4.72 Å². The van der Waals surface area contributed by atoms with Gasteiger partial charge in [0.15, 0.2) is 8.68 Å². The second kappa shape index (κ2) is 6.00. The van der Waals surface area contributed by atoms with E-state index in [1.807, 2.05) is 0 Å². The summed E-state index contributed by atoms with van der Waals surface area (Å²) in [5.41, 5.74) is 1.31. The molecule has 0 aliphatic heterocycles. The van der Waals surface area contributed by atoms with E-state index < -0.39 is 16.0 Å². The number of carbonyl (C=O) groups excluding carboxylic acids is 1. The Bertz CT molecular complexity index is 786. The molecule has 0 aliphatic carbocycles. The van der Waals surface area contributed by atoms with Crippen LogP contribution in [0.1, 0.15) is 15.9 Å². The first-order valence-corrected chi connectivity index (χ1v) is 8.34. The zero-order valence-corrected chi connectivity index (χ0v) is 13.5. The Morgan fingerprint density at radius 2 is 2.14 bits per heavy atom. The second-order valence-electron chi connectivity index (χ2n) is 4.06. The van der Waals surface area contributed by atoms with Crippen LogP contribution >= 0.6 is 22.9 Å². The Labute approximate surface area is 130 Å². The number of anilines is 1. The van der Waals surface area contributed by atoms with Crippen molar-refractivity contribution in [2.24, 2.45) is 0 Å². The molecule has 112 valence electrons. The number of hydrogen-bond donors (Lipinski definition) is 1. The minimum Gasteiger partial charge on any atom is -0.465 e. The number of methoxy groups -OCH3 is 1. The van der Waals surface area contributed by atoms with E-state index in [-0.39, 0.29) is 8.68 Å². The normalized spacial score (nSPS) is 11.2. The number of ether oxygens (including phenoxy) is 1. The van der Waals surface area contributed by atoms with Gasteiger partial charge in [-0.25, -0.2) is 18.2 Å². The molecule has 0 atom stereocenters. The van der Waals surface area contributed by atoms with Crippen LogP contribution in [-0.4, -0.2) is 26.5 Å². The molecule has 0 radical (unpaired) electrons. The van der Waals surface area contributed by atoms with Gasteiger partial charge in [0.2, 0.25) is 0 Å². The predicted octanol–water partition coefficient (Wildman–Crippen LogP) is 2.69. The smallest absolute Gasteiger partial charge is 0.337 e. The minimum absolute atomic E-state index is 0.0175. The van der Waals surface area contributed by atoms with E-state index in [0.29, 0.717) is 16.8 Å². The van der Waals surface area contributed by atoms with Crippen LogP contribution in [0, 0.1) is 6.92 Å². The lowest BCUT2D eigenvalue weighted by Crippen LogP contribution is -2.13. The highest BCUT2D eigenvalue weighted by Crippen LogP contribution is 2.26. The van der Waals surface area contributed by atoms with E-state index in [2.05, 4.69) is 14.4 Å². The number of thiazole rings is 1. The third-order valence-corrected chi connectivity index (χ3v) is 5.55. The summed E-state index contributed by atoms with van der Waals surface area (Å²) in [6.45, 7) is 1.68. The van der Waals surface area contributed by atoms with Gasteiger partial charge in [0, 0.05) is 0 Å². The van der Waals surface area contributed by atoms with Gasteiger partial charge in [-0.15, -0.1) is 0 Å². The maximum Gasteiger partial charge on any atom is 0.337 e. The first-order valence-electron chi connectivity index (χ1n) is 5.66. The van der Waals surface area contributed by atoms with Crippen LogP contribution < -0.4 is 4.72 Å². The number of nitrogens with one attached hydrogen (secondary N) is 1. The van der Waals surface area contributed by atoms with Gasteiger partial charge in [-0.1, -0.05) is 22.9 Å². The van der Waals surface area contributed by atoms with E-state index in [4.69, 9.17) is 11.6 Å². The molecule has 21 heavy (non-hydrogen) atoms. The van der Waals surface area contributed by atoms with Crippen LogP contribution in [0.25, 0.3) is 0 Å². The lowest BCUT2D eigenvalue weighted by Gasteiger charge is -2.10. The molecule has 9 heteroatoms. The highest BCUT2D eigenvalue weighted by molar-refractivity contribution is 7.94. The number of rotatable bonds is 4. The quantitative estimate of drug-likeness (QED) is 0.860. The third-order valence-electron chi connectivity index (χ3n) is 2.61. The predicted molar refractivity (Wildman–Crippen MR) is 80.5 cm³/mol. The molecule has 1 aromatic heterocycles. The average molecular weight is 347 g/mol. The zero-order valence-electron chi connectivity index (χ0n) is 11.1. The van der Waals surface area contributed by atoms with Gasteiger partial charge in [0.25, 0.3) is 10.0 Å². The van der Waals surface area contributed by atoms with Gasteiger partial charge >= 0.3 is 5.97 Å². The molecule has 0 unspecified atom stereocenters. The maximum atomic E-state index is 12.2. The van der Waals surface area contributed by atoms with Gasteiger partial charge < -0.3 is 4.74 Å². The van der Waals surface area contributed by atoms with Gasteiger partial charge in [0.05, 0.1) is 24.6 Å². The summed E-state index contributed by atoms with van der Waals surface area (Å²) < 4.78 is 31.5. The van der Waals surface area contributed by atoms with Crippen molar-refractivity contribution in [3.8, 4) is 0 Å². The number of esters is 1. The van der Waals surface area contributed by atoms with Crippen molar-refractivity contribution in [2.75, 3.05) is 11.8 Å². The number of sulfonamides is 1. The van der Waals surface area contributed by atoms with E-state index in [1.54, 1.807) is 13.0 Å². The number of carbonyl (C=O) groups is 1. The zero-order chi connectivity index (χ0) is 15.6. The maximum absolute atomic E-state index is 12.2. The van der Waals surface area contributed by atoms with Crippen LogP contribution in [0.3, 0.4) is 0 Å². The van der Waals surface area contributed by atoms with Crippen LogP contribution in [0.5, 0.6) is 0 Å². The Kier molecular flexibility index (Phi) is 4.50. The molecule has 0 saturated heterocycles. The van der Waals surface area contributed by atoms with Crippen molar-refractivity contribution in [3.63, 3.8) is 0 Å². The first-order chi connectivity index (χ1) is 9.83. The summed E-state index contributed by atoms with van der Waals surface area (Å²) in [4.78, 5) is 15.1. The lowest BCUT2D eigenvalue weighted by atomic mass is 10.1. The molecule has 0 bridgehead atoms. The average Bonchev–Trinajstić information content (AvgIpc) is 2.87. The van der Waals surface area contributed by atoms with E-state index >= 15 is 0 Å². The highest BCUT2D eigenvalue weighted by Gasteiger charge is 2.19. The molecule has 2 aromatic rings. The van der Waals surface area contributed by atoms with Crippen molar-refractivity contribution in [3.05, 3.63) is 40.0 Å². The molecule has 1 aromatic carbocycles. The van der Waals surface area contributed by atoms with Gasteiger partial charge in [-0.05, 0) is 30.7 Å². The topological polar surface area (TPSA) is 85.4 Å². The molecule has 6 nitrogen and oxygen atoms in total. The second-order valence-corrected chi connectivity index (χ2v) is 7.58. The molecule has 0 aliphatic rings. The van der Waals surface area contributed by atoms with Crippen molar-refractivity contribution < 1.29 is 17.9 Å². The van der Waals surface area contributed by atoms with Crippen LogP contribution in [0.2, 0.25) is 4.47 Å². The first kappa shape index (κ1) is 15.7. The van der Waals surface area contributed by atoms with E-state index in [0.717, 1.165) is 11.3 Å². The largest absolute Gasteiger partial charge is 0.465 e. The Balaban J connectivity index is 2.30. The number of aryl methyl sites for hydroxylation is 1. The minimum atomic E-state index is -3.75. The van der Waals surface area contributed by atoms with Crippen LogP contribution in [0.15, 0.2) is 28.6 Å². The Morgan fingerprint density at radius 3 is 2.67 bits per heavy atom. The molecular weight excluding hydrogens is 336 g/mol.